The van der Waals surface area contributed by atoms with Gasteiger partial charge in [0.15, 0.2) is 0 Å². The molecule has 0 saturated carbocycles. The monoisotopic (exact) mass is 330 g/mol. The fraction of sp³-hybridized carbons (Fsp3) is 0.471. The molecule has 0 fully saturated rings. The molecule has 128 valence electrons. The van der Waals surface area contributed by atoms with Crippen LogP contribution in [-0.2, 0) is 26.4 Å². The van der Waals surface area contributed by atoms with Crippen LogP contribution in [0, 0.1) is 5.92 Å². The zero-order chi connectivity index (χ0) is 17.4. The SMILES string of the molecule is CC(C)Cc1cc(C(=O)N2CCc3cc(C(N)=O)n(C)c3C2)on1. The third-order valence-corrected chi connectivity index (χ3v) is 4.37. The maximum absolute atomic E-state index is 12.7. The average molecular weight is 330 g/mol. The fourth-order valence-electron chi connectivity index (χ4n) is 3.14. The summed E-state index contributed by atoms with van der Waals surface area (Å²) in [6.07, 6.45) is 1.47. The zero-order valence-corrected chi connectivity index (χ0v) is 14.2. The van der Waals surface area contributed by atoms with E-state index in [4.69, 9.17) is 10.3 Å². The van der Waals surface area contributed by atoms with Crippen LogP contribution >= 0.6 is 0 Å². The van der Waals surface area contributed by atoms with Crippen molar-refractivity contribution in [3.8, 4) is 0 Å². The minimum absolute atomic E-state index is 0.176. The summed E-state index contributed by atoms with van der Waals surface area (Å²) in [6, 6.07) is 3.53. The van der Waals surface area contributed by atoms with Gasteiger partial charge in [0.1, 0.15) is 5.69 Å². The van der Waals surface area contributed by atoms with Crippen LogP contribution in [-0.4, -0.2) is 33.0 Å². The van der Waals surface area contributed by atoms with Gasteiger partial charge < -0.3 is 19.7 Å². The summed E-state index contributed by atoms with van der Waals surface area (Å²) in [6.45, 7) is 5.19. The van der Waals surface area contributed by atoms with Crippen molar-refractivity contribution >= 4 is 11.8 Å². The number of rotatable bonds is 4. The second-order valence-electron chi connectivity index (χ2n) is 6.68. The third-order valence-electron chi connectivity index (χ3n) is 4.37. The van der Waals surface area contributed by atoms with Gasteiger partial charge in [0.25, 0.3) is 11.8 Å². The highest BCUT2D eigenvalue weighted by molar-refractivity contribution is 5.93. The lowest BCUT2D eigenvalue weighted by Gasteiger charge is -2.27. The molecule has 2 aromatic heterocycles. The van der Waals surface area contributed by atoms with Crippen LogP contribution in [0.15, 0.2) is 16.7 Å². The first-order chi connectivity index (χ1) is 11.4. The Morgan fingerprint density at radius 1 is 1.38 bits per heavy atom. The first-order valence-corrected chi connectivity index (χ1v) is 8.09. The van der Waals surface area contributed by atoms with Crippen molar-refractivity contribution in [2.75, 3.05) is 6.54 Å². The molecule has 0 bridgehead atoms. The van der Waals surface area contributed by atoms with Crippen molar-refractivity contribution in [2.24, 2.45) is 18.7 Å². The van der Waals surface area contributed by atoms with E-state index < -0.39 is 5.91 Å². The molecule has 0 atom stereocenters. The summed E-state index contributed by atoms with van der Waals surface area (Å²) in [5.41, 5.74) is 8.65. The molecule has 7 heteroatoms. The topological polar surface area (TPSA) is 94.4 Å². The molecule has 2 N–H and O–H groups in total. The van der Waals surface area contributed by atoms with Gasteiger partial charge in [-0.1, -0.05) is 19.0 Å². The van der Waals surface area contributed by atoms with Crippen molar-refractivity contribution in [3.05, 3.63) is 40.5 Å². The van der Waals surface area contributed by atoms with Crippen molar-refractivity contribution in [1.82, 2.24) is 14.6 Å². The fourth-order valence-corrected chi connectivity index (χ4v) is 3.14. The van der Waals surface area contributed by atoms with Crippen LogP contribution < -0.4 is 5.73 Å². The summed E-state index contributed by atoms with van der Waals surface area (Å²) in [5.74, 6) is 0.0768. The van der Waals surface area contributed by atoms with E-state index in [1.807, 2.05) is 6.07 Å². The van der Waals surface area contributed by atoms with Crippen LogP contribution in [0.3, 0.4) is 0 Å². The summed E-state index contributed by atoms with van der Waals surface area (Å²) < 4.78 is 6.99. The first-order valence-electron chi connectivity index (χ1n) is 8.09. The first kappa shape index (κ1) is 16.3. The van der Waals surface area contributed by atoms with Gasteiger partial charge in [0.2, 0.25) is 5.76 Å². The van der Waals surface area contributed by atoms with E-state index in [0.717, 1.165) is 23.4 Å². The normalized spacial score (nSPS) is 14.1. The van der Waals surface area contributed by atoms with E-state index in [9.17, 15) is 9.59 Å². The molecule has 1 aliphatic heterocycles. The molecular weight excluding hydrogens is 308 g/mol. The molecule has 0 aromatic carbocycles. The predicted molar refractivity (Wildman–Crippen MR) is 87.4 cm³/mol. The third kappa shape index (κ3) is 2.93. The van der Waals surface area contributed by atoms with E-state index >= 15 is 0 Å². The van der Waals surface area contributed by atoms with Crippen LogP contribution in [0.25, 0.3) is 0 Å². The number of fused-ring (bicyclic) bond motifs is 1. The van der Waals surface area contributed by atoms with Crippen molar-refractivity contribution in [2.45, 2.75) is 33.2 Å². The quantitative estimate of drug-likeness (QED) is 0.919. The van der Waals surface area contributed by atoms with Gasteiger partial charge in [0, 0.05) is 25.4 Å². The molecule has 3 rings (SSSR count). The number of carbonyl (C=O) groups is 2. The Labute approximate surface area is 140 Å². The van der Waals surface area contributed by atoms with Gasteiger partial charge in [-0.05, 0) is 30.4 Å². The van der Waals surface area contributed by atoms with Crippen molar-refractivity contribution in [3.63, 3.8) is 0 Å². The molecule has 0 spiro atoms. The number of nitrogens with zero attached hydrogens (tertiary/aromatic N) is 3. The number of carbonyl (C=O) groups excluding carboxylic acids is 2. The molecule has 0 aliphatic carbocycles. The maximum atomic E-state index is 12.7. The smallest absolute Gasteiger partial charge is 0.292 e. The molecule has 0 saturated heterocycles. The Morgan fingerprint density at radius 2 is 2.12 bits per heavy atom. The lowest BCUT2D eigenvalue weighted by molar-refractivity contribution is 0.0688. The van der Waals surface area contributed by atoms with Crippen LogP contribution in [0.4, 0.5) is 0 Å². The second kappa shape index (κ2) is 6.14. The van der Waals surface area contributed by atoms with Crippen molar-refractivity contribution < 1.29 is 14.1 Å². The molecule has 3 heterocycles. The van der Waals surface area contributed by atoms with E-state index in [1.165, 1.54) is 0 Å². The number of aromatic nitrogens is 2. The standard InChI is InChI=1S/C17H22N4O3/c1-10(2)6-12-8-15(24-19-12)17(23)21-5-4-11-7-13(16(18)22)20(3)14(11)9-21/h7-8,10H,4-6,9H2,1-3H3,(H2,18,22). The van der Waals surface area contributed by atoms with Gasteiger partial charge in [-0.15, -0.1) is 0 Å². The number of nitrogens with two attached hydrogens (primary N) is 1. The summed E-state index contributed by atoms with van der Waals surface area (Å²) >= 11 is 0. The Hall–Kier alpha value is -2.57. The number of hydrogen-bond donors (Lipinski definition) is 1. The molecule has 24 heavy (non-hydrogen) atoms. The Bertz CT molecular complexity index is 788. The largest absolute Gasteiger partial charge is 0.364 e. The Morgan fingerprint density at radius 3 is 2.79 bits per heavy atom. The van der Waals surface area contributed by atoms with E-state index in [2.05, 4.69) is 19.0 Å². The van der Waals surface area contributed by atoms with Crippen LogP contribution in [0.2, 0.25) is 0 Å². The summed E-state index contributed by atoms with van der Waals surface area (Å²) in [7, 11) is 1.79. The minimum Gasteiger partial charge on any atom is -0.364 e. The van der Waals surface area contributed by atoms with Crippen LogP contribution in [0.5, 0.6) is 0 Å². The number of amides is 2. The Kier molecular flexibility index (Phi) is 4.17. The Balaban J connectivity index is 1.78. The molecule has 0 radical (unpaired) electrons. The number of hydrogen-bond acceptors (Lipinski definition) is 4. The van der Waals surface area contributed by atoms with Gasteiger partial charge >= 0.3 is 0 Å². The molecule has 0 unspecified atom stereocenters. The predicted octanol–water partition coefficient (Wildman–Crippen LogP) is 1.51. The molecule has 1 aliphatic rings. The highest BCUT2D eigenvalue weighted by Gasteiger charge is 2.28. The second-order valence-corrected chi connectivity index (χ2v) is 6.68. The lowest BCUT2D eigenvalue weighted by Crippen LogP contribution is -2.36. The van der Waals surface area contributed by atoms with Gasteiger partial charge in [0.05, 0.1) is 12.2 Å². The van der Waals surface area contributed by atoms with E-state index in [0.29, 0.717) is 31.1 Å². The number of primary amides is 1. The maximum Gasteiger partial charge on any atom is 0.292 e. The molecular formula is C17H22N4O3. The van der Waals surface area contributed by atoms with Crippen molar-refractivity contribution in [1.29, 1.82) is 0 Å². The summed E-state index contributed by atoms with van der Waals surface area (Å²) in [4.78, 5) is 25.8. The minimum atomic E-state index is -0.460. The highest BCUT2D eigenvalue weighted by atomic mass is 16.5. The van der Waals surface area contributed by atoms with E-state index in [1.54, 1.807) is 22.6 Å². The lowest BCUT2D eigenvalue weighted by atomic mass is 10.1. The molecule has 7 nitrogen and oxygen atoms in total. The van der Waals surface area contributed by atoms with Gasteiger partial charge in [-0.2, -0.15) is 0 Å². The van der Waals surface area contributed by atoms with Gasteiger partial charge in [-0.25, -0.2) is 0 Å². The molecule has 2 amide bonds. The van der Waals surface area contributed by atoms with E-state index in [-0.39, 0.29) is 11.7 Å². The van der Waals surface area contributed by atoms with Crippen LogP contribution in [0.1, 0.15) is 51.8 Å². The van der Waals surface area contributed by atoms with Gasteiger partial charge in [-0.3, -0.25) is 9.59 Å². The summed E-state index contributed by atoms with van der Waals surface area (Å²) in [5, 5.41) is 3.97. The zero-order valence-electron chi connectivity index (χ0n) is 14.2. The molecule has 2 aromatic rings. The highest BCUT2D eigenvalue weighted by Crippen LogP contribution is 2.24. The average Bonchev–Trinajstić information content (AvgIpc) is 3.11.